The molecule has 0 unspecified atom stereocenters. The number of benzene rings is 2. The van der Waals surface area contributed by atoms with E-state index in [9.17, 15) is 9.90 Å². The highest BCUT2D eigenvalue weighted by molar-refractivity contribution is 5.98. The van der Waals surface area contributed by atoms with Crippen molar-refractivity contribution in [2.45, 2.75) is 26.3 Å². The van der Waals surface area contributed by atoms with E-state index in [0.29, 0.717) is 0 Å². The molecule has 134 valence electrons. The summed E-state index contributed by atoms with van der Waals surface area (Å²) in [5, 5.41) is 10.4. The summed E-state index contributed by atoms with van der Waals surface area (Å²) in [6.07, 6.45) is 0.259. The van der Waals surface area contributed by atoms with E-state index in [1.54, 1.807) is 11.9 Å². The van der Waals surface area contributed by atoms with Gasteiger partial charge in [0.1, 0.15) is 0 Å². The molecule has 1 atom stereocenters. The Morgan fingerprint density at radius 2 is 1.77 bits per heavy atom. The zero-order valence-corrected chi connectivity index (χ0v) is 15.4. The summed E-state index contributed by atoms with van der Waals surface area (Å²) in [4.78, 5) is 19.1. The van der Waals surface area contributed by atoms with Gasteiger partial charge in [-0.2, -0.15) is 0 Å². The lowest BCUT2D eigenvalue weighted by Gasteiger charge is -2.24. The number of carbonyl (C=O) groups is 1. The molecule has 1 heterocycles. The SMILES string of the molecule is Cc1nc2ccccc2c(-c2ccccc2)c1CC(=O)N(C)[C@H](C)CO. The highest BCUT2D eigenvalue weighted by Crippen LogP contribution is 2.33. The Labute approximate surface area is 154 Å². The molecule has 0 aliphatic rings. The molecule has 0 radical (unpaired) electrons. The van der Waals surface area contributed by atoms with Gasteiger partial charge in [0, 0.05) is 18.1 Å². The predicted octanol–water partition coefficient (Wildman–Crippen LogP) is 3.59. The van der Waals surface area contributed by atoms with Crippen molar-refractivity contribution in [1.29, 1.82) is 0 Å². The van der Waals surface area contributed by atoms with Crippen molar-refractivity contribution in [2.75, 3.05) is 13.7 Å². The lowest BCUT2D eigenvalue weighted by molar-refractivity contribution is -0.131. The van der Waals surface area contributed by atoms with E-state index in [0.717, 1.165) is 33.3 Å². The number of nitrogens with zero attached hydrogens (tertiary/aromatic N) is 2. The molecule has 1 aromatic heterocycles. The Bertz CT molecular complexity index is 922. The van der Waals surface area contributed by atoms with E-state index < -0.39 is 0 Å². The number of amides is 1. The molecular weight excluding hydrogens is 324 g/mol. The van der Waals surface area contributed by atoms with Crippen molar-refractivity contribution in [3.8, 4) is 11.1 Å². The maximum Gasteiger partial charge on any atom is 0.227 e. The average Bonchev–Trinajstić information content (AvgIpc) is 2.67. The molecule has 0 saturated carbocycles. The first-order valence-corrected chi connectivity index (χ1v) is 8.83. The summed E-state index contributed by atoms with van der Waals surface area (Å²) in [6, 6.07) is 17.9. The van der Waals surface area contributed by atoms with Crippen molar-refractivity contribution in [3.05, 3.63) is 65.9 Å². The zero-order chi connectivity index (χ0) is 18.7. The number of carbonyl (C=O) groups excluding carboxylic acids is 1. The minimum atomic E-state index is -0.212. The molecule has 0 aliphatic carbocycles. The molecule has 1 N–H and O–H groups in total. The Balaban J connectivity index is 2.15. The Hall–Kier alpha value is -2.72. The van der Waals surface area contributed by atoms with E-state index in [1.807, 2.05) is 50.2 Å². The third kappa shape index (κ3) is 3.46. The van der Waals surface area contributed by atoms with Crippen molar-refractivity contribution in [3.63, 3.8) is 0 Å². The van der Waals surface area contributed by atoms with E-state index in [2.05, 4.69) is 18.2 Å². The van der Waals surface area contributed by atoms with Crippen molar-refractivity contribution in [1.82, 2.24) is 9.88 Å². The number of likely N-dealkylation sites (N-methyl/N-ethyl adjacent to an activating group) is 1. The van der Waals surface area contributed by atoms with Crippen molar-refractivity contribution < 1.29 is 9.90 Å². The van der Waals surface area contributed by atoms with Crippen LogP contribution in [0.1, 0.15) is 18.2 Å². The van der Waals surface area contributed by atoms with E-state index in [1.165, 1.54) is 0 Å². The number of aliphatic hydroxyl groups is 1. The molecule has 1 amide bonds. The normalized spacial score (nSPS) is 12.2. The van der Waals surface area contributed by atoms with Crippen LogP contribution in [0.5, 0.6) is 0 Å². The Kier molecular flexibility index (Phi) is 5.33. The van der Waals surface area contributed by atoms with Crippen LogP contribution in [0.2, 0.25) is 0 Å². The van der Waals surface area contributed by atoms with Gasteiger partial charge < -0.3 is 10.0 Å². The number of rotatable bonds is 5. The Morgan fingerprint density at radius 1 is 1.12 bits per heavy atom. The molecule has 26 heavy (non-hydrogen) atoms. The minimum absolute atomic E-state index is 0.0242. The highest BCUT2D eigenvalue weighted by Gasteiger charge is 2.21. The minimum Gasteiger partial charge on any atom is -0.394 e. The van der Waals surface area contributed by atoms with Crippen LogP contribution in [-0.4, -0.2) is 40.6 Å². The number of aromatic nitrogens is 1. The van der Waals surface area contributed by atoms with Gasteiger partial charge in [0.05, 0.1) is 24.6 Å². The molecule has 2 aromatic carbocycles. The quantitative estimate of drug-likeness (QED) is 0.767. The third-order valence-corrected chi connectivity index (χ3v) is 4.91. The second-order valence-corrected chi connectivity index (χ2v) is 6.65. The topological polar surface area (TPSA) is 53.4 Å². The molecule has 3 aromatic rings. The first-order valence-electron chi connectivity index (χ1n) is 8.83. The summed E-state index contributed by atoms with van der Waals surface area (Å²) in [7, 11) is 1.73. The van der Waals surface area contributed by atoms with Crippen LogP contribution in [0.4, 0.5) is 0 Å². The number of hydrogen-bond donors (Lipinski definition) is 1. The molecule has 4 nitrogen and oxygen atoms in total. The van der Waals surface area contributed by atoms with Crippen LogP contribution in [-0.2, 0) is 11.2 Å². The molecule has 0 saturated heterocycles. The van der Waals surface area contributed by atoms with E-state index in [-0.39, 0.29) is 25.0 Å². The highest BCUT2D eigenvalue weighted by atomic mass is 16.3. The Morgan fingerprint density at radius 3 is 2.46 bits per heavy atom. The summed E-state index contributed by atoms with van der Waals surface area (Å²) < 4.78 is 0. The summed E-state index contributed by atoms with van der Waals surface area (Å²) in [6.45, 7) is 3.74. The first-order chi connectivity index (χ1) is 12.5. The second kappa shape index (κ2) is 7.67. The van der Waals surface area contributed by atoms with Gasteiger partial charge in [0.15, 0.2) is 0 Å². The second-order valence-electron chi connectivity index (χ2n) is 6.65. The molecule has 0 aliphatic heterocycles. The summed E-state index contributed by atoms with van der Waals surface area (Å²) >= 11 is 0. The standard InChI is InChI=1S/C22H24N2O2/c1-15(14-25)24(3)21(26)13-19-16(2)23-20-12-8-7-11-18(20)22(19)17-9-5-4-6-10-17/h4-12,15,25H,13-14H2,1-3H3/t15-/m1/s1. The van der Waals surface area contributed by atoms with E-state index in [4.69, 9.17) is 4.98 Å². The lowest BCUT2D eigenvalue weighted by atomic mass is 9.92. The molecule has 0 bridgehead atoms. The van der Waals surface area contributed by atoms with Crippen LogP contribution in [0.25, 0.3) is 22.0 Å². The van der Waals surface area contributed by atoms with Gasteiger partial charge in [-0.05, 0) is 36.6 Å². The van der Waals surface area contributed by atoms with Gasteiger partial charge in [-0.1, -0.05) is 48.5 Å². The summed E-state index contributed by atoms with van der Waals surface area (Å²) in [5.74, 6) is -0.0242. The molecular formula is C22H24N2O2. The number of aryl methyl sites for hydroxylation is 1. The largest absolute Gasteiger partial charge is 0.394 e. The number of aliphatic hydroxyl groups excluding tert-OH is 1. The van der Waals surface area contributed by atoms with Crippen molar-refractivity contribution >= 4 is 16.8 Å². The molecule has 3 rings (SSSR count). The fourth-order valence-corrected chi connectivity index (χ4v) is 3.17. The van der Waals surface area contributed by atoms with Crippen LogP contribution in [0, 0.1) is 6.92 Å². The number of fused-ring (bicyclic) bond motifs is 1. The van der Waals surface area contributed by atoms with Gasteiger partial charge in [0.25, 0.3) is 0 Å². The fraction of sp³-hybridized carbons (Fsp3) is 0.273. The fourth-order valence-electron chi connectivity index (χ4n) is 3.17. The molecule has 0 fully saturated rings. The van der Waals surface area contributed by atoms with Crippen LogP contribution in [0.15, 0.2) is 54.6 Å². The number of pyridine rings is 1. The molecule has 4 heteroatoms. The maximum atomic E-state index is 12.8. The van der Waals surface area contributed by atoms with Gasteiger partial charge in [-0.3, -0.25) is 9.78 Å². The van der Waals surface area contributed by atoms with Gasteiger partial charge in [-0.25, -0.2) is 0 Å². The number of hydrogen-bond acceptors (Lipinski definition) is 3. The predicted molar refractivity (Wildman–Crippen MR) is 105 cm³/mol. The lowest BCUT2D eigenvalue weighted by Crippen LogP contribution is -2.38. The van der Waals surface area contributed by atoms with Gasteiger partial charge in [-0.15, -0.1) is 0 Å². The van der Waals surface area contributed by atoms with Gasteiger partial charge in [0.2, 0.25) is 5.91 Å². The maximum absolute atomic E-state index is 12.8. The van der Waals surface area contributed by atoms with Gasteiger partial charge >= 0.3 is 0 Å². The zero-order valence-electron chi connectivity index (χ0n) is 15.4. The smallest absolute Gasteiger partial charge is 0.227 e. The summed E-state index contributed by atoms with van der Waals surface area (Å²) in [5.41, 5.74) is 4.87. The number of para-hydroxylation sites is 1. The van der Waals surface area contributed by atoms with E-state index >= 15 is 0 Å². The monoisotopic (exact) mass is 348 g/mol. The average molecular weight is 348 g/mol. The van der Waals surface area contributed by atoms with Crippen LogP contribution >= 0.6 is 0 Å². The van der Waals surface area contributed by atoms with Crippen molar-refractivity contribution in [2.24, 2.45) is 0 Å². The third-order valence-electron chi connectivity index (χ3n) is 4.91. The molecule has 0 spiro atoms. The van der Waals surface area contributed by atoms with Crippen LogP contribution in [0.3, 0.4) is 0 Å². The van der Waals surface area contributed by atoms with Crippen LogP contribution < -0.4 is 0 Å². The first kappa shape index (κ1) is 18.1.